The minimum absolute atomic E-state index is 0.0310. The molecule has 0 aromatic heterocycles. The van der Waals surface area contributed by atoms with Crippen LogP contribution in [-0.4, -0.2) is 14.2 Å². The van der Waals surface area contributed by atoms with Gasteiger partial charge in [0, 0.05) is 0 Å². The first-order valence-electron chi connectivity index (χ1n) is 5.27. The van der Waals surface area contributed by atoms with Gasteiger partial charge < -0.3 is 0 Å². The molecule has 0 saturated carbocycles. The van der Waals surface area contributed by atoms with E-state index in [-0.39, 0.29) is 11.5 Å². The highest BCUT2D eigenvalue weighted by molar-refractivity contribution is 7.90. The van der Waals surface area contributed by atoms with Crippen LogP contribution in [0.5, 0.6) is 0 Å². The summed E-state index contributed by atoms with van der Waals surface area (Å²) in [5.41, 5.74) is 1.05. The minimum atomic E-state index is -3.08. The molecule has 0 aliphatic rings. The Labute approximate surface area is 96.6 Å². The molecule has 0 spiro atoms. The van der Waals surface area contributed by atoms with Crippen molar-refractivity contribution in [2.45, 2.75) is 25.5 Å². The highest BCUT2D eigenvalue weighted by Gasteiger charge is 2.13. The molecule has 0 atom stereocenters. The molecule has 4 heteroatoms. The first kappa shape index (κ1) is 12.7. The summed E-state index contributed by atoms with van der Waals surface area (Å²) in [5, 5.41) is 8.85. The number of hydrogen-bond acceptors (Lipinski definition) is 3. The molecule has 0 fully saturated rings. The second-order valence-corrected chi connectivity index (χ2v) is 5.90. The number of benzene rings is 1. The van der Waals surface area contributed by atoms with Crippen molar-refractivity contribution in [3.8, 4) is 6.07 Å². The fraction of sp³-hybridized carbons (Fsp3) is 0.417. The lowest BCUT2D eigenvalue weighted by molar-refractivity contribution is 0.592. The van der Waals surface area contributed by atoms with Crippen LogP contribution in [-0.2, 0) is 15.6 Å². The Bertz CT molecular complexity index is 486. The van der Waals surface area contributed by atoms with E-state index in [1.54, 1.807) is 24.3 Å². The summed E-state index contributed by atoms with van der Waals surface area (Å²) in [7, 11) is -3.08. The van der Waals surface area contributed by atoms with E-state index < -0.39 is 9.84 Å². The fourth-order valence-corrected chi connectivity index (χ4v) is 3.03. The molecule has 0 heterocycles. The molecule has 16 heavy (non-hydrogen) atoms. The molecule has 1 aromatic carbocycles. The van der Waals surface area contributed by atoms with Crippen LogP contribution in [0.25, 0.3) is 0 Å². The van der Waals surface area contributed by atoms with Gasteiger partial charge in [-0.1, -0.05) is 31.5 Å². The molecule has 1 rings (SSSR count). The van der Waals surface area contributed by atoms with E-state index in [4.69, 9.17) is 5.26 Å². The molecular weight excluding hydrogens is 222 g/mol. The highest BCUT2D eigenvalue weighted by Crippen LogP contribution is 2.12. The van der Waals surface area contributed by atoms with Crippen molar-refractivity contribution in [3.63, 3.8) is 0 Å². The average Bonchev–Trinajstić information content (AvgIpc) is 2.27. The minimum Gasteiger partial charge on any atom is -0.228 e. The van der Waals surface area contributed by atoms with E-state index in [0.29, 0.717) is 17.5 Å². The summed E-state index contributed by atoms with van der Waals surface area (Å²) < 4.78 is 23.4. The quantitative estimate of drug-likeness (QED) is 0.789. The van der Waals surface area contributed by atoms with E-state index in [2.05, 4.69) is 0 Å². The van der Waals surface area contributed by atoms with E-state index in [1.165, 1.54) is 0 Å². The monoisotopic (exact) mass is 237 g/mol. The molecule has 1 aromatic rings. The normalized spacial score (nSPS) is 11.0. The summed E-state index contributed by atoms with van der Waals surface area (Å²) in [4.78, 5) is 0. The predicted molar refractivity (Wildman–Crippen MR) is 63.6 cm³/mol. The fourth-order valence-electron chi connectivity index (χ4n) is 1.43. The average molecular weight is 237 g/mol. The largest absolute Gasteiger partial charge is 0.228 e. The van der Waals surface area contributed by atoms with Crippen molar-refractivity contribution in [2.75, 3.05) is 5.75 Å². The third-order valence-corrected chi connectivity index (χ3v) is 3.98. The van der Waals surface area contributed by atoms with Crippen molar-refractivity contribution < 1.29 is 8.42 Å². The molecular formula is C12H15NO2S. The maximum absolute atomic E-state index is 11.7. The molecule has 0 N–H and O–H groups in total. The van der Waals surface area contributed by atoms with Gasteiger partial charge in [0.15, 0.2) is 9.84 Å². The number of rotatable bonds is 5. The summed E-state index contributed by atoms with van der Waals surface area (Å²) in [6, 6.07) is 8.84. The maximum Gasteiger partial charge on any atom is 0.154 e. The summed E-state index contributed by atoms with van der Waals surface area (Å²) in [6.45, 7) is 1.96. The van der Waals surface area contributed by atoms with Crippen molar-refractivity contribution in [2.24, 2.45) is 0 Å². The van der Waals surface area contributed by atoms with Gasteiger partial charge in [0.1, 0.15) is 0 Å². The SMILES string of the molecule is CCCCS(=O)(=O)Cc1ccccc1C#N. The number of sulfone groups is 1. The molecule has 0 saturated heterocycles. The maximum atomic E-state index is 11.7. The Morgan fingerprint density at radius 1 is 1.31 bits per heavy atom. The Hall–Kier alpha value is -1.34. The molecule has 86 valence electrons. The molecule has 0 aliphatic carbocycles. The summed E-state index contributed by atoms with van der Waals surface area (Å²) in [6.07, 6.45) is 1.54. The lowest BCUT2D eigenvalue weighted by Crippen LogP contribution is -2.10. The van der Waals surface area contributed by atoms with Gasteiger partial charge in [0.25, 0.3) is 0 Å². The van der Waals surface area contributed by atoms with Gasteiger partial charge in [-0.2, -0.15) is 5.26 Å². The van der Waals surface area contributed by atoms with Crippen LogP contribution >= 0.6 is 0 Å². The first-order chi connectivity index (χ1) is 7.59. The van der Waals surface area contributed by atoms with Crippen molar-refractivity contribution in [3.05, 3.63) is 35.4 Å². The smallest absolute Gasteiger partial charge is 0.154 e. The molecule has 3 nitrogen and oxygen atoms in total. The van der Waals surface area contributed by atoms with Gasteiger partial charge >= 0.3 is 0 Å². The zero-order valence-electron chi connectivity index (χ0n) is 9.31. The van der Waals surface area contributed by atoms with Gasteiger partial charge in [-0.15, -0.1) is 0 Å². The number of unbranched alkanes of at least 4 members (excludes halogenated alkanes) is 1. The number of nitrogens with zero attached hydrogens (tertiary/aromatic N) is 1. The van der Waals surface area contributed by atoms with Crippen LogP contribution in [0.2, 0.25) is 0 Å². The Kier molecular flexibility index (Phi) is 4.51. The van der Waals surface area contributed by atoms with E-state index in [0.717, 1.165) is 6.42 Å². The van der Waals surface area contributed by atoms with Gasteiger partial charge in [0.2, 0.25) is 0 Å². The van der Waals surface area contributed by atoms with Gasteiger partial charge in [-0.3, -0.25) is 0 Å². The van der Waals surface area contributed by atoms with Crippen molar-refractivity contribution >= 4 is 9.84 Å². The standard InChI is InChI=1S/C12H15NO2S/c1-2-3-8-16(14,15)10-12-7-5-4-6-11(12)9-13/h4-7H,2-3,8,10H2,1H3. The molecule has 0 radical (unpaired) electrons. The van der Waals surface area contributed by atoms with Crippen molar-refractivity contribution in [1.29, 1.82) is 5.26 Å². The summed E-state index contributed by atoms with van der Waals surface area (Å²) >= 11 is 0. The Balaban J connectivity index is 2.85. The molecule has 0 unspecified atom stereocenters. The zero-order valence-corrected chi connectivity index (χ0v) is 10.1. The van der Waals surface area contributed by atoms with E-state index in [9.17, 15) is 8.42 Å². The lowest BCUT2D eigenvalue weighted by atomic mass is 10.1. The topological polar surface area (TPSA) is 57.9 Å². The number of nitriles is 1. The highest BCUT2D eigenvalue weighted by atomic mass is 32.2. The zero-order chi connectivity index (χ0) is 12.0. The Morgan fingerprint density at radius 2 is 2.00 bits per heavy atom. The second-order valence-electron chi connectivity index (χ2n) is 3.71. The number of hydrogen-bond donors (Lipinski definition) is 0. The lowest BCUT2D eigenvalue weighted by Gasteiger charge is -2.05. The van der Waals surface area contributed by atoms with Crippen LogP contribution in [0.3, 0.4) is 0 Å². The van der Waals surface area contributed by atoms with Gasteiger partial charge in [-0.05, 0) is 18.1 Å². The molecule has 0 aliphatic heterocycles. The Morgan fingerprint density at radius 3 is 2.62 bits per heavy atom. The van der Waals surface area contributed by atoms with E-state index >= 15 is 0 Å². The van der Waals surface area contributed by atoms with Crippen LogP contribution in [0, 0.1) is 11.3 Å². The van der Waals surface area contributed by atoms with Gasteiger partial charge in [-0.25, -0.2) is 8.42 Å². The van der Waals surface area contributed by atoms with Crippen LogP contribution in [0.4, 0.5) is 0 Å². The molecule has 0 bridgehead atoms. The molecule has 0 amide bonds. The van der Waals surface area contributed by atoms with Crippen LogP contribution in [0.15, 0.2) is 24.3 Å². The van der Waals surface area contributed by atoms with E-state index in [1.807, 2.05) is 13.0 Å². The third-order valence-electron chi connectivity index (χ3n) is 2.32. The first-order valence-corrected chi connectivity index (χ1v) is 7.09. The van der Waals surface area contributed by atoms with Crippen LogP contribution < -0.4 is 0 Å². The second kappa shape index (κ2) is 5.66. The summed E-state index contributed by atoms with van der Waals surface area (Å²) in [5.74, 6) is 0.167. The van der Waals surface area contributed by atoms with Gasteiger partial charge in [0.05, 0.1) is 23.1 Å². The predicted octanol–water partition coefficient (Wildman–Crippen LogP) is 2.27. The van der Waals surface area contributed by atoms with Crippen molar-refractivity contribution in [1.82, 2.24) is 0 Å². The van der Waals surface area contributed by atoms with Crippen LogP contribution in [0.1, 0.15) is 30.9 Å². The third kappa shape index (κ3) is 3.67.